The number of carboxylic acid groups (broad SMARTS) is 1. The minimum Gasteiger partial charge on any atom is -0.480 e. The molecular weight excluding hydrogens is 282 g/mol. The molecule has 0 heterocycles. The Morgan fingerprint density at radius 2 is 2.00 bits per heavy atom. The minimum absolute atomic E-state index is 0.132. The van der Waals surface area contributed by atoms with E-state index in [0.29, 0.717) is 5.92 Å². The molecule has 3 nitrogen and oxygen atoms in total. The standard InChI is InChI=1S/C13H16BrNO2/c14-12-5-3-11(4-6-12)8-15(9-13(16)17)7-10-1-2-10/h3-6,10H,1-2,7-9H2,(H,16,17). The van der Waals surface area contributed by atoms with Crippen molar-refractivity contribution in [2.45, 2.75) is 19.4 Å². The zero-order chi connectivity index (χ0) is 12.3. The van der Waals surface area contributed by atoms with Gasteiger partial charge in [-0.1, -0.05) is 28.1 Å². The average Bonchev–Trinajstić information content (AvgIpc) is 3.04. The lowest BCUT2D eigenvalue weighted by molar-refractivity contribution is -0.138. The Labute approximate surface area is 110 Å². The first kappa shape index (κ1) is 12.6. The maximum atomic E-state index is 10.8. The number of aliphatic carboxylic acids is 1. The van der Waals surface area contributed by atoms with E-state index >= 15 is 0 Å². The summed E-state index contributed by atoms with van der Waals surface area (Å²) >= 11 is 3.39. The van der Waals surface area contributed by atoms with Gasteiger partial charge in [-0.15, -0.1) is 0 Å². The van der Waals surface area contributed by atoms with Gasteiger partial charge in [-0.3, -0.25) is 9.69 Å². The largest absolute Gasteiger partial charge is 0.480 e. The summed E-state index contributed by atoms with van der Waals surface area (Å²) in [4.78, 5) is 12.8. The maximum Gasteiger partial charge on any atom is 0.317 e. The Balaban J connectivity index is 1.94. The quantitative estimate of drug-likeness (QED) is 0.878. The van der Waals surface area contributed by atoms with Crippen LogP contribution in [0.1, 0.15) is 18.4 Å². The van der Waals surface area contributed by atoms with Crippen LogP contribution in [0.2, 0.25) is 0 Å². The van der Waals surface area contributed by atoms with Gasteiger partial charge in [0.1, 0.15) is 0 Å². The molecule has 1 fully saturated rings. The van der Waals surface area contributed by atoms with E-state index in [1.807, 2.05) is 29.2 Å². The summed E-state index contributed by atoms with van der Waals surface area (Å²) in [6.07, 6.45) is 2.49. The average molecular weight is 298 g/mol. The fourth-order valence-electron chi connectivity index (χ4n) is 1.89. The number of nitrogens with zero attached hydrogens (tertiary/aromatic N) is 1. The van der Waals surface area contributed by atoms with Crippen molar-refractivity contribution in [2.75, 3.05) is 13.1 Å². The molecule has 0 radical (unpaired) electrons. The molecule has 0 bridgehead atoms. The summed E-state index contributed by atoms with van der Waals surface area (Å²) in [6, 6.07) is 8.05. The molecule has 4 heteroatoms. The van der Waals surface area contributed by atoms with E-state index < -0.39 is 5.97 Å². The molecule has 0 aliphatic heterocycles. The number of carboxylic acids is 1. The monoisotopic (exact) mass is 297 g/mol. The van der Waals surface area contributed by atoms with Crippen LogP contribution in [0.4, 0.5) is 0 Å². The topological polar surface area (TPSA) is 40.5 Å². The maximum absolute atomic E-state index is 10.8. The molecule has 1 aromatic carbocycles. The number of benzene rings is 1. The highest BCUT2D eigenvalue weighted by Gasteiger charge is 2.25. The van der Waals surface area contributed by atoms with Gasteiger partial charge in [0.05, 0.1) is 6.54 Å². The Morgan fingerprint density at radius 1 is 1.35 bits per heavy atom. The first-order valence-corrected chi connectivity index (χ1v) is 6.61. The van der Waals surface area contributed by atoms with Crippen molar-refractivity contribution in [2.24, 2.45) is 5.92 Å². The molecule has 1 saturated carbocycles. The molecule has 17 heavy (non-hydrogen) atoms. The zero-order valence-corrected chi connectivity index (χ0v) is 11.2. The zero-order valence-electron chi connectivity index (χ0n) is 9.60. The Morgan fingerprint density at radius 3 is 2.53 bits per heavy atom. The van der Waals surface area contributed by atoms with E-state index in [9.17, 15) is 4.79 Å². The Bertz CT molecular complexity index is 387. The summed E-state index contributed by atoms with van der Waals surface area (Å²) in [5, 5.41) is 8.89. The summed E-state index contributed by atoms with van der Waals surface area (Å²) < 4.78 is 1.05. The first-order valence-electron chi connectivity index (χ1n) is 5.82. The smallest absolute Gasteiger partial charge is 0.317 e. The lowest BCUT2D eigenvalue weighted by Crippen LogP contribution is -2.31. The van der Waals surface area contributed by atoms with Gasteiger partial charge in [0, 0.05) is 17.6 Å². The molecule has 0 atom stereocenters. The minimum atomic E-state index is -0.747. The third kappa shape index (κ3) is 4.48. The third-order valence-corrected chi connectivity index (χ3v) is 3.42. The normalized spacial score (nSPS) is 15.2. The number of hydrogen-bond acceptors (Lipinski definition) is 2. The van der Waals surface area contributed by atoms with Gasteiger partial charge in [0.15, 0.2) is 0 Å². The molecule has 1 aliphatic carbocycles. The molecule has 1 aromatic rings. The van der Waals surface area contributed by atoms with E-state index in [4.69, 9.17) is 5.11 Å². The highest BCUT2D eigenvalue weighted by molar-refractivity contribution is 9.10. The van der Waals surface area contributed by atoms with Gasteiger partial charge in [-0.05, 0) is 36.5 Å². The SMILES string of the molecule is O=C(O)CN(Cc1ccc(Br)cc1)CC1CC1. The second kappa shape index (κ2) is 5.65. The first-order chi connectivity index (χ1) is 8.13. The van der Waals surface area contributed by atoms with Gasteiger partial charge < -0.3 is 5.11 Å². The molecule has 0 aromatic heterocycles. The van der Waals surface area contributed by atoms with Crippen LogP contribution in [-0.4, -0.2) is 29.1 Å². The predicted molar refractivity (Wildman–Crippen MR) is 69.8 cm³/mol. The summed E-state index contributed by atoms with van der Waals surface area (Å²) in [7, 11) is 0. The summed E-state index contributed by atoms with van der Waals surface area (Å²) in [5.74, 6) is -0.0347. The van der Waals surface area contributed by atoms with E-state index in [1.54, 1.807) is 0 Å². The number of rotatable bonds is 6. The van der Waals surface area contributed by atoms with Crippen molar-refractivity contribution in [3.8, 4) is 0 Å². The van der Waals surface area contributed by atoms with E-state index in [2.05, 4.69) is 15.9 Å². The van der Waals surface area contributed by atoms with Crippen LogP contribution in [0.3, 0.4) is 0 Å². The molecule has 0 amide bonds. The third-order valence-electron chi connectivity index (χ3n) is 2.89. The number of halogens is 1. The molecule has 92 valence electrons. The van der Waals surface area contributed by atoms with Crippen molar-refractivity contribution >= 4 is 21.9 Å². The van der Waals surface area contributed by atoms with Crippen LogP contribution < -0.4 is 0 Å². The van der Waals surface area contributed by atoms with E-state index in [1.165, 1.54) is 12.8 Å². The molecule has 0 unspecified atom stereocenters. The Hall–Kier alpha value is -0.870. The Kier molecular flexibility index (Phi) is 4.18. The van der Waals surface area contributed by atoms with Crippen LogP contribution in [0.15, 0.2) is 28.7 Å². The van der Waals surface area contributed by atoms with Gasteiger partial charge >= 0.3 is 5.97 Å². The van der Waals surface area contributed by atoms with Gasteiger partial charge in [-0.25, -0.2) is 0 Å². The fraction of sp³-hybridized carbons (Fsp3) is 0.462. The van der Waals surface area contributed by atoms with Gasteiger partial charge in [0.2, 0.25) is 0 Å². The second-order valence-corrected chi connectivity index (χ2v) is 5.55. The molecule has 1 aliphatic rings. The van der Waals surface area contributed by atoms with Crippen molar-refractivity contribution in [3.05, 3.63) is 34.3 Å². The lowest BCUT2D eigenvalue weighted by atomic mass is 10.2. The van der Waals surface area contributed by atoms with Crippen LogP contribution in [0, 0.1) is 5.92 Å². The highest BCUT2D eigenvalue weighted by Crippen LogP contribution is 2.30. The molecule has 0 saturated heterocycles. The van der Waals surface area contributed by atoms with Crippen molar-refractivity contribution in [1.29, 1.82) is 0 Å². The molecule has 0 spiro atoms. The van der Waals surface area contributed by atoms with Gasteiger partial charge in [0.25, 0.3) is 0 Å². The second-order valence-electron chi connectivity index (χ2n) is 4.63. The van der Waals surface area contributed by atoms with Crippen LogP contribution >= 0.6 is 15.9 Å². The van der Waals surface area contributed by atoms with Crippen molar-refractivity contribution in [3.63, 3.8) is 0 Å². The predicted octanol–water partition coefficient (Wildman–Crippen LogP) is 2.75. The van der Waals surface area contributed by atoms with E-state index in [0.717, 1.165) is 23.1 Å². The molecule has 2 rings (SSSR count). The van der Waals surface area contributed by atoms with Crippen LogP contribution in [-0.2, 0) is 11.3 Å². The van der Waals surface area contributed by atoms with E-state index in [-0.39, 0.29) is 6.54 Å². The lowest BCUT2D eigenvalue weighted by Gasteiger charge is -2.20. The van der Waals surface area contributed by atoms with Gasteiger partial charge in [-0.2, -0.15) is 0 Å². The molecule has 1 N–H and O–H groups in total. The van der Waals surface area contributed by atoms with Crippen molar-refractivity contribution < 1.29 is 9.90 Å². The van der Waals surface area contributed by atoms with Crippen molar-refractivity contribution in [1.82, 2.24) is 4.90 Å². The number of hydrogen-bond donors (Lipinski definition) is 1. The summed E-state index contributed by atoms with van der Waals surface area (Å²) in [5.41, 5.74) is 1.16. The highest BCUT2D eigenvalue weighted by atomic mass is 79.9. The summed E-state index contributed by atoms with van der Waals surface area (Å²) in [6.45, 7) is 1.75. The molecular formula is C13H16BrNO2. The fourth-order valence-corrected chi connectivity index (χ4v) is 2.15. The van der Waals surface area contributed by atoms with Crippen LogP contribution in [0.5, 0.6) is 0 Å². The number of carbonyl (C=O) groups is 1. The van der Waals surface area contributed by atoms with Crippen LogP contribution in [0.25, 0.3) is 0 Å².